The summed E-state index contributed by atoms with van der Waals surface area (Å²) in [5.74, 6) is 0. The van der Waals surface area contributed by atoms with E-state index in [4.69, 9.17) is 11.6 Å². The smallest absolute Gasteiger partial charge is 0.143 e. The molecule has 5 aromatic carbocycles. The summed E-state index contributed by atoms with van der Waals surface area (Å²) in [6.07, 6.45) is 0. The van der Waals surface area contributed by atoms with Crippen LogP contribution in [0.15, 0.2) is 109 Å². The third kappa shape index (κ3) is 2.61. The highest BCUT2D eigenvalue weighted by Crippen LogP contribution is 2.55. The highest BCUT2D eigenvalue weighted by atomic mass is 35.5. The Morgan fingerprint density at radius 1 is 0.581 bits per heavy atom. The van der Waals surface area contributed by atoms with Gasteiger partial charge in [0, 0.05) is 21.7 Å². The van der Waals surface area contributed by atoms with E-state index >= 15 is 0 Å². The molecular formula is C29H19ClO. The molecule has 0 aromatic heterocycles. The van der Waals surface area contributed by atoms with Crippen LogP contribution in [0.1, 0.15) is 16.7 Å². The zero-order valence-corrected chi connectivity index (χ0v) is 17.5. The van der Waals surface area contributed by atoms with Crippen LogP contribution < -0.4 is 0 Å². The molecule has 0 aliphatic heterocycles. The maximum Gasteiger partial charge on any atom is 0.143 e. The molecule has 0 saturated carbocycles. The molecule has 0 spiro atoms. The van der Waals surface area contributed by atoms with Crippen LogP contribution in [0.3, 0.4) is 0 Å². The van der Waals surface area contributed by atoms with E-state index in [1.807, 2.05) is 66.7 Å². The van der Waals surface area contributed by atoms with Gasteiger partial charge in [-0.1, -0.05) is 109 Å². The fourth-order valence-electron chi connectivity index (χ4n) is 5.02. The molecule has 0 bridgehead atoms. The SMILES string of the molecule is OC1(c2ccccc2-c2ccccc2)c2cc(Cl)ccc2-c2ccc3ccccc3c21. The second kappa shape index (κ2) is 6.81. The van der Waals surface area contributed by atoms with Crippen molar-refractivity contribution in [2.45, 2.75) is 5.60 Å². The highest BCUT2D eigenvalue weighted by molar-refractivity contribution is 6.30. The van der Waals surface area contributed by atoms with Crippen molar-refractivity contribution in [2.75, 3.05) is 0 Å². The maximum absolute atomic E-state index is 12.7. The average Bonchev–Trinajstić information content (AvgIpc) is 3.09. The second-order valence-corrected chi connectivity index (χ2v) is 8.46. The van der Waals surface area contributed by atoms with Gasteiger partial charge in [-0.3, -0.25) is 0 Å². The van der Waals surface area contributed by atoms with Gasteiger partial charge in [-0.05, 0) is 45.2 Å². The summed E-state index contributed by atoms with van der Waals surface area (Å²) < 4.78 is 0. The van der Waals surface area contributed by atoms with Crippen LogP contribution in [0, 0.1) is 0 Å². The van der Waals surface area contributed by atoms with Crippen LogP contribution in [0.4, 0.5) is 0 Å². The van der Waals surface area contributed by atoms with Gasteiger partial charge in [0.15, 0.2) is 0 Å². The third-order valence-electron chi connectivity index (χ3n) is 6.35. The Labute approximate surface area is 186 Å². The van der Waals surface area contributed by atoms with Crippen molar-refractivity contribution < 1.29 is 5.11 Å². The summed E-state index contributed by atoms with van der Waals surface area (Å²) in [5, 5.41) is 15.5. The maximum atomic E-state index is 12.7. The molecule has 31 heavy (non-hydrogen) atoms. The molecular weight excluding hydrogens is 400 g/mol. The lowest BCUT2D eigenvalue weighted by Crippen LogP contribution is -2.27. The van der Waals surface area contributed by atoms with Gasteiger partial charge in [0.2, 0.25) is 0 Å². The first-order valence-electron chi connectivity index (χ1n) is 10.4. The third-order valence-corrected chi connectivity index (χ3v) is 6.59. The second-order valence-electron chi connectivity index (χ2n) is 8.02. The minimum absolute atomic E-state index is 0.617. The molecule has 1 aliphatic rings. The number of hydrogen-bond acceptors (Lipinski definition) is 1. The first-order chi connectivity index (χ1) is 15.2. The van der Waals surface area contributed by atoms with Crippen molar-refractivity contribution >= 4 is 22.4 Å². The zero-order chi connectivity index (χ0) is 21.0. The van der Waals surface area contributed by atoms with Crippen molar-refractivity contribution in [2.24, 2.45) is 0 Å². The highest BCUT2D eigenvalue weighted by Gasteiger charge is 2.45. The first-order valence-corrected chi connectivity index (χ1v) is 10.8. The number of hydrogen-bond donors (Lipinski definition) is 1. The van der Waals surface area contributed by atoms with Gasteiger partial charge in [0.25, 0.3) is 0 Å². The lowest BCUT2D eigenvalue weighted by molar-refractivity contribution is 0.133. The molecule has 1 unspecified atom stereocenters. The lowest BCUT2D eigenvalue weighted by Gasteiger charge is -2.30. The van der Waals surface area contributed by atoms with E-state index in [1.54, 1.807) is 0 Å². The number of aliphatic hydroxyl groups is 1. The molecule has 1 atom stereocenters. The van der Waals surface area contributed by atoms with E-state index in [1.165, 1.54) is 0 Å². The molecule has 0 amide bonds. The van der Waals surface area contributed by atoms with Crippen LogP contribution in [0.2, 0.25) is 5.02 Å². The Kier molecular flexibility index (Phi) is 4.04. The first kappa shape index (κ1) is 18.4. The largest absolute Gasteiger partial charge is 0.376 e. The summed E-state index contributed by atoms with van der Waals surface area (Å²) >= 11 is 6.44. The molecule has 0 saturated heterocycles. The van der Waals surface area contributed by atoms with Crippen LogP contribution in [-0.2, 0) is 5.60 Å². The Hall–Kier alpha value is -3.39. The van der Waals surface area contributed by atoms with Crippen LogP contribution in [0.5, 0.6) is 0 Å². The zero-order valence-electron chi connectivity index (χ0n) is 16.7. The Bertz CT molecular complexity index is 1450. The number of benzene rings is 5. The topological polar surface area (TPSA) is 20.2 Å². The fourth-order valence-corrected chi connectivity index (χ4v) is 5.19. The predicted molar refractivity (Wildman–Crippen MR) is 128 cm³/mol. The van der Waals surface area contributed by atoms with Crippen LogP contribution in [-0.4, -0.2) is 5.11 Å². The molecule has 1 aliphatic carbocycles. The monoisotopic (exact) mass is 418 g/mol. The molecule has 6 rings (SSSR count). The number of halogens is 1. The van der Waals surface area contributed by atoms with Gasteiger partial charge >= 0.3 is 0 Å². The minimum Gasteiger partial charge on any atom is -0.376 e. The van der Waals surface area contributed by atoms with Gasteiger partial charge in [0.1, 0.15) is 5.60 Å². The molecule has 0 heterocycles. The van der Waals surface area contributed by atoms with Crippen LogP contribution in [0.25, 0.3) is 33.0 Å². The van der Waals surface area contributed by atoms with E-state index in [9.17, 15) is 5.11 Å². The summed E-state index contributed by atoms with van der Waals surface area (Å²) in [4.78, 5) is 0. The minimum atomic E-state index is -1.32. The van der Waals surface area contributed by atoms with Crippen molar-refractivity contribution in [3.8, 4) is 22.3 Å². The normalized spacial score (nSPS) is 16.8. The Morgan fingerprint density at radius 3 is 2.16 bits per heavy atom. The standard InChI is InChI=1S/C29H19ClO/c30-21-15-17-24-25-16-14-20-10-4-5-12-23(20)28(25)29(31,27(24)18-21)26-13-7-6-11-22(26)19-8-2-1-3-9-19/h1-18,31H. The van der Waals surface area contributed by atoms with Gasteiger partial charge in [-0.2, -0.15) is 0 Å². The van der Waals surface area contributed by atoms with E-state index in [0.29, 0.717) is 5.02 Å². The van der Waals surface area contributed by atoms with Gasteiger partial charge < -0.3 is 5.11 Å². The Balaban J connectivity index is 1.76. The molecule has 148 valence electrons. The van der Waals surface area contributed by atoms with E-state index < -0.39 is 5.60 Å². The fraction of sp³-hybridized carbons (Fsp3) is 0.0345. The molecule has 0 fully saturated rings. The molecule has 2 heteroatoms. The van der Waals surface area contributed by atoms with Gasteiger partial charge in [-0.25, -0.2) is 0 Å². The quantitative estimate of drug-likeness (QED) is 0.316. The Morgan fingerprint density at radius 2 is 1.29 bits per heavy atom. The lowest BCUT2D eigenvalue weighted by atomic mass is 9.79. The molecule has 5 aromatic rings. The van der Waals surface area contributed by atoms with Crippen molar-refractivity contribution in [1.29, 1.82) is 0 Å². The number of fused-ring (bicyclic) bond motifs is 5. The van der Waals surface area contributed by atoms with E-state index in [2.05, 4.69) is 42.5 Å². The summed E-state index contributed by atoms with van der Waals surface area (Å²) in [7, 11) is 0. The predicted octanol–water partition coefficient (Wildman–Crippen LogP) is 7.42. The molecule has 1 N–H and O–H groups in total. The van der Waals surface area contributed by atoms with E-state index in [0.717, 1.165) is 49.7 Å². The molecule has 0 radical (unpaired) electrons. The van der Waals surface area contributed by atoms with Gasteiger partial charge in [-0.15, -0.1) is 0 Å². The van der Waals surface area contributed by atoms with Crippen LogP contribution >= 0.6 is 11.6 Å². The molecule has 1 nitrogen and oxygen atoms in total. The summed E-state index contributed by atoms with van der Waals surface area (Å²) in [5.41, 5.74) is 5.45. The van der Waals surface area contributed by atoms with Crippen molar-refractivity contribution in [1.82, 2.24) is 0 Å². The van der Waals surface area contributed by atoms with E-state index in [-0.39, 0.29) is 0 Å². The average molecular weight is 419 g/mol. The van der Waals surface area contributed by atoms with Crippen molar-refractivity contribution in [3.05, 3.63) is 131 Å². The number of rotatable bonds is 2. The van der Waals surface area contributed by atoms with Crippen molar-refractivity contribution in [3.63, 3.8) is 0 Å². The van der Waals surface area contributed by atoms with Gasteiger partial charge in [0.05, 0.1) is 0 Å². The summed E-state index contributed by atoms with van der Waals surface area (Å²) in [6, 6.07) is 36.7. The summed E-state index contributed by atoms with van der Waals surface area (Å²) in [6.45, 7) is 0.